The van der Waals surface area contributed by atoms with Crippen molar-refractivity contribution in [1.29, 1.82) is 0 Å². The van der Waals surface area contributed by atoms with E-state index in [1.54, 1.807) is 23.0 Å². The lowest BCUT2D eigenvalue weighted by molar-refractivity contribution is 0.0601. The first-order valence-electron chi connectivity index (χ1n) is 6.69. The van der Waals surface area contributed by atoms with Crippen molar-refractivity contribution in [2.75, 3.05) is 19.0 Å². The maximum absolute atomic E-state index is 11.5. The van der Waals surface area contributed by atoms with Crippen LogP contribution in [0.5, 0.6) is 0 Å². The van der Waals surface area contributed by atoms with Gasteiger partial charge in [0.05, 0.1) is 32.0 Å². The van der Waals surface area contributed by atoms with Gasteiger partial charge >= 0.3 is 5.97 Å². The summed E-state index contributed by atoms with van der Waals surface area (Å²) in [5.41, 5.74) is 3.45. The molecule has 0 aliphatic heterocycles. The van der Waals surface area contributed by atoms with Crippen LogP contribution in [0.25, 0.3) is 0 Å². The monoisotopic (exact) mass is 289 g/mol. The van der Waals surface area contributed by atoms with Gasteiger partial charge in [0.2, 0.25) is 0 Å². The molecule has 0 radical (unpaired) electrons. The molecule has 0 aliphatic carbocycles. The number of benzene rings is 1. The highest BCUT2D eigenvalue weighted by molar-refractivity contribution is 5.90. The van der Waals surface area contributed by atoms with Crippen LogP contribution in [0.4, 0.5) is 5.69 Å². The lowest BCUT2D eigenvalue weighted by Crippen LogP contribution is -2.05. The van der Waals surface area contributed by atoms with E-state index in [9.17, 15) is 4.79 Å². The van der Waals surface area contributed by atoms with Gasteiger partial charge in [0.15, 0.2) is 0 Å². The molecular weight excluding hydrogens is 270 g/mol. The Bertz CT molecular complexity index is 622. The summed E-state index contributed by atoms with van der Waals surface area (Å²) in [6.07, 6.45) is 3.63. The normalized spacial score (nSPS) is 10.4. The molecule has 0 aliphatic rings. The molecule has 0 spiro atoms. The van der Waals surface area contributed by atoms with E-state index in [4.69, 9.17) is 9.84 Å². The summed E-state index contributed by atoms with van der Waals surface area (Å²) in [6, 6.07) is 5.40. The van der Waals surface area contributed by atoms with Gasteiger partial charge in [-0.2, -0.15) is 5.10 Å². The molecule has 0 unspecified atom stereocenters. The van der Waals surface area contributed by atoms with Crippen molar-refractivity contribution in [1.82, 2.24) is 9.78 Å². The number of aromatic nitrogens is 2. The number of nitrogens with one attached hydrogen (secondary N) is 1. The molecule has 0 bridgehead atoms. The second-order valence-electron chi connectivity index (χ2n) is 4.71. The van der Waals surface area contributed by atoms with Crippen molar-refractivity contribution >= 4 is 11.7 Å². The van der Waals surface area contributed by atoms with Crippen LogP contribution in [-0.4, -0.2) is 34.6 Å². The van der Waals surface area contributed by atoms with E-state index in [0.717, 1.165) is 16.8 Å². The van der Waals surface area contributed by atoms with E-state index < -0.39 is 0 Å². The molecule has 0 fully saturated rings. The van der Waals surface area contributed by atoms with E-state index in [1.165, 1.54) is 7.11 Å². The number of carbonyl (C=O) groups is 1. The van der Waals surface area contributed by atoms with E-state index in [0.29, 0.717) is 18.7 Å². The van der Waals surface area contributed by atoms with Gasteiger partial charge in [0, 0.05) is 24.0 Å². The molecule has 6 nitrogen and oxygen atoms in total. The van der Waals surface area contributed by atoms with Crippen LogP contribution in [-0.2, 0) is 17.8 Å². The number of hydrogen-bond donors (Lipinski definition) is 2. The lowest BCUT2D eigenvalue weighted by Gasteiger charge is -2.10. The van der Waals surface area contributed by atoms with Crippen LogP contribution in [0.2, 0.25) is 0 Å². The van der Waals surface area contributed by atoms with E-state index in [-0.39, 0.29) is 12.6 Å². The number of carbonyl (C=O) groups excluding carboxylic acids is 1. The molecular formula is C15H19N3O3. The molecule has 2 N–H and O–H groups in total. The van der Waals surface area contributed by atoms with Crippen LogP contribution in [0.15, 0.2) is 30.6 Å². The average molecular weight is 289 g/mol. The Kier molecular flexibility index (Phi) is 4.94. The number of nitrogens with zero attached hydrogens (tertiary/aromatic N) is 2. The largest absolute Gasteiger partial charge is 0.465 e. The average Bonchev–Trinajstić information content (AvgIpc) is 2.93. The van der Waals surface area contributed by atoms with Crippen molar-refractivity contribution in [3.8, 4) is 0 Å². The molecule has 1 heterocycles. The van der Waals surface area contributed by atoms with Crippen molar-refractivity contribution in [3.05, 3.63) is 47.3 Å². The zero-order valence-corrected chi connectivity index (χ0v) is 12.2. The summed E-state index contributed by atoms with van der Waals surface area (Å²) in [5, 5.41) is 16.3. The van der Waals surface area contributed by atoms with Gasteiger partial charge in [0.1, 0.15) is 0 Å². The first-order valence-corrected chi connectivity index (χ1v) is 6.69. The molecule has 2 rings (SSSR count). The Hall–Kier alpha value is -2.34. The summed E-state index contributed by atoms with van der Waals surface area (Å²) >= 11 is 0. The smallest absolute Gasteiger partial charge is 0.337 e. The molecule has 1 aromatic carbocycles. The SMILES string of the molecule is COC(=O)c1ccc(C)c(NCc2cnn(CCO)c2)c1. The predicted octanol–water partition coefficient (Wildman–Crippen LogP) is 1.58. The first kappa shape index (κ1) is 15.1. The van der Waals surface area contributed by atoms with Crippen molar-refractivity contribution < 1.29 is 14.6 Å². The van der Waals surface area contributed by atoms with Gasteiger partial charge in [0.25, 0.3) is 0 Å². The molecule has 0 amide bonds. The van der Waals surface area contributed by atoms with Crippen LogP contribution >= 0.6 is 0 Å². The Labute approximate surface area is 123 Å². The first-order chi connectivity index (χ1) is 10.1. The number of rotatable bonds is 6. The topological polar surface area (TPSA) is 76.4 Å². The third-order valence-electron chi connectivity index (χ3n) is 3.16. The standard InChI is InChI=1S/C15H19N3O3/c1-11-3-4-13(15(20)21-2)7-14(11)16-8-12-9-17-18(10-12)5-6-19/h3-4,7,9-10,16,19H,5-6,8H2,1-2H3. The van der Waals surface area contributed by atoms with E-state index >= 15 is 0 Å². The summed E-state index contributed by atoms with van der Waals surface area (Å²) in [4.78, 5) is 11.5. The number of aliphatic hydroxyl groups is 1. The van der Waals surface area contributed by atoms with Crippen molar-refractivity contribution in [2.24, 2.45) is 0 Å². The summed E-state index contributed by atoms with van der Waals surface area (Å²) in [6.45, 7) is 3.11. The van der Waals surface area contributed by atoms with Crippen molar-refractivity contribution in [2.45, 2.75) is 20.0 Å². The number of hydrogen-bond acceptors (Lipinski definition) is 5. The number of ether oxygens (including phenoxy) is 1. The number of anilines is 1. The van der Waals surface area contributed by atoms with Gasteiger partial charge in [-0.3, -0.25) is 4.68 Å². The van der Waals surface area contributed by atoms with Gasteiger partial charge in [-0.25, -0.2) is 4.79 Å². The minimum Gasteiger partial charge on any atom is -0.465 e. The second kappa shape index (κ2) is 6.90. The molecule has 0 atom stereocenters. The van der Waals surface area contributed by atoms with Crippen LogP contribution in [0.3, 0.4) is 0 Å². The zero-order valence-electron chi connectivity index (χ0n) is 12.2. The molecule has 0 saturated carbocycles. The molecule has 1 aromatic heterocycles. The summed E-state index contributed by atoms with van der Waals surface area (Å²) < 4.78 is 6.41. The van der Waals surface area contributed by atoms with Gasteiger partial charge in [-0.05, 0) is 24.6 Å². The van der Waals surface area contributed by atoms with Crippen LogP contribution < -0.4 is 5.32 Å². The third kappa shape index (κ3) is 3.82. The molecule has 21 heavy (non-hydrogen) atoms. The second-order valence-corrected chi connectivity index (χ2v) is 4.71. The Balaban J connectivity index is 2.06. The van der Waals surface area contributed by atoms with Gasteiger partial charge in [-0.1, -0.05) is 6.07 Å². The number of methoxy groups -OCH3 is 1. The quantitative estimate of drug-likeness (QED) is 0.790. The lowest BCUT2D eigenvalue weighted by atomic mass is 10.1. The third-order valence-corrected chi connectivity index (χ3v) is 3.16. The fourth-order valence-corrected chi connectivity index (χ4v) is 1.98. The number of aryl methyl sites for hydroxylation is 1. The Morgan fingerprint density at radius 1 is 1.48 bits per heavy atom. The number of aliphatic hydroxyl groups excluding tert-OH is 1. The molecule has 112 valence electrons. The van der Waals surface area contributed by atoms with E-state index in [1.807, 2.05) is 19.2 Å². The molecule has 2 aromatic rings. The fourth-order valence-electron chi connectivity index (χ4n) is 1.98. The summed E-state index contributed by atoms with van der Waals surface area (Å²) in [5.74, 6) is -0.353. The number of esters is 1. The minimum atomic E-state index is -0.353. The molecule has 6 heteroatoms. The Morgan fingerprint density at radius 3 is 3.00 bits per heavy atom. The zero-order chi connectivity index (χ0) is 15.2. The van der Waals surface area contributed by atoms with Crippen LogP contribution in [0, 0.1) is 6.92 Å². The molecule has 0 saturated heterocycles. The maximum Gasteiger partial charge on any atom is 0.337 e. The highest BCUT2D eigenvalue weighted by atomic mass is 16.5. The fraction of sp³-hybridized carbons (Fsp3) is 0.333. The minimum absolute atomic E-state index is 0.0643. The van der Waals surface area contributed by atoms with Crippen LogP contribution in [0.1, 0.15) is 21.5 Å². The summed E-state index contributed by atoms with van der Waals surface area (Å²) in [7, 11) is 1.37. The highest BCUT2D eigenvalue weighted by Crippen LogP contribution is 2.18. The van der Waals surface area contributed by atoms with Gasteiger partial charge < -0.3 is 15.2 Å². The Morgan fingerprint density at radius 2 is 2.29 bits per heavy atom. The maximum atomic E-state index is 11.5. The van der Waals surface area contributed by atoms with Crippen molar-refractivity contribution in [3.63, 3.8) is 0 Å². The van der Waals surface area contributed by atoms with Gasteiger partial charge in [-0.15, -0.1) is 0 Å². The highest BCUT2D eigenvalue weighted by Gasteiger charge is 2.08. The van der Waals surface area contributed by atoms with E-state index in [2.05, 4.69) is 10.4 Å². The predicted molar refractivity (Wildman–Crippen MR) is 79.2 cm³/mol.